The molecule has 2 aromatic carbocycles. The Morgan fingerprint density at radius 2 is 1.82 bits per heavy atom. The van der Waals surface area contributed by atoms with E-state index in [1.54, 1.807) is 24.3 Å². The van der Waals surface area contributed by atoms with Crippen molar-refractivity contribution in [3.8, 4) is 5.75 Å². The van der Waals surface area contributed by atoms with Gasteiger partial charge in [-0.15, -0.1) is 0 Å². The molecule has 1 aromatic heterocycles. The number of carbonyl (C=O) groups is 2. The van der Waals surface area contributed by atoms with E-state index in [9.17, 15) is 14.0 Å². The number of ether oxygens (including phenoxy) is 1. The Balaban J connectivity index is 1.76. The molecule has 3 aromatic rings. The van der Waals surface area contributed by atoms with Gasteiger partial charge in [0.2, 0.25) is 5.91 Å². The summed E-state index contributed by atoms with van der Waals surface area (Å²) < 4.78 is 27.3. The number of rotatable bonds is 8. The molecule has 0 aliphatic heterocycles. The Morgan fingerprint density at radius 3 is 2.44 bits per heavy atom. The number of halogens is 1. The number of aromatic nitrogens is 2. The van der Waals surface area contributed by atoms with Crippen molar-refractivity contribution in [2.24, 2.45) is 0 Å². The maximum absolute atomic E-state index is 13.7. The van der Waals surface area contributed by atoms with E-state index in [4.69, 9.17) is 4.74 Å². The molecule has 1 saturated carbocycles. The van der Waals surface area contributed by atoms with E-state index in [2.05, 4.69) is 14.1 Å². The molecule has 0 bridgehead atoms. The summed E-state index contributed by atoms with van der Waals surface area (Å²) in [5.74, 6) is -0.549. The van der Waals surface area contributed by atoms with Crippen LogP contribution in [0.4, 0.5) is 10.1 Å². The molecule has 178 valence electrons. The van der Waals surface area contributed by atoms with Crippen LogP contribution < -0.4 is 15.0 Å². The first kappa shape index (κ1) is 23.8. The van der Waals surface area contributed by atoms with Gasteiger partial charge < -0.3 is 10.1 Å². The van der Waals surface area contributed by atoms with Gasteiger partial charge in [0, 0.05) is 11.7 Å². The molecule has 9 heteroatoms. The van der Waals surface area contributed by atoms with Gasteiger partial charge in [0.1, 0.15) is 17.6 Å². The predicted molar refractivity (Wildman–Crippen MR) is 128 cm³/mol. The van der Waals surface area contributed by atoms with Gasteiger partial charge in [0.25, 0.3) is 5.91 Å². The second-order valence-corrected chi connectivity index (χ2v) is 8.75. The first-order valence-electron chi connectivity index (χ1n) is 11.5. The molecular weight excluding hydrogens is 455 g/mol. The van der Waals surface area contributed by atoms with Gasteiger partial charge in [-0.05, 0) is 61.7 Å². The lowest BCUT2D eigenvalue weighted by molar-refractivity contribution is -0.123. The van der Waals surface area contributed by atoms with Crippen molar-refractivity contribution < 1.29 is 18.7 Å². The van der Waals surface area contributed by atoms with Gasteiger partial charge in [-0.1, -0.05) is 31.4 Å². The fraction of sp³-hybridized carbons (Fsp3) is 0.360. The molecule has 4 rings (SSSR count). The summed E-state index contributed by atoms with van der Waals surface area (Å²) in [6.07, 6.45) is 6.44. The largest absolute Gasteiger partial charge is 0.494 e. The molecule has 7 nitrogen and oxygen atoms in total. The minimum atomic E-state index is -1.02. The van der Waals surface area contributed by atoms with Crippen molar-refractivity contribution in [3.63, 3.8) is 0 Å². The Hall–Kier alpha value is -3.33. The Kier molecular flexibility index (Phi) is 7.84. The van der Waals surface area contributed by atoms with Crippen LogP contribution in [0.25, 0.3) is 0 Å². The monoisotopic (exact) mass is 482 g/mol. The third-order valence-corrected chi connectivity index (χ3v) is 6.35. The lowest BCUT2D eigenvalue weighted by Gasteiger charge is -2.33. The minimum Gasteiger partial charge on any atom is -0.494 e. The molecule has 1 heterocycles. The molecule has 1 atom stereocenters. The van der Waals surface area contributed by atoms with Crippen LogP contribution in [-0.2, 0) is 4.79 Å². The quantitative estimate of drug-likeness (QED) is 0.493. The summed E-state index contributed by atoms with van der Waals surface area (Å²) in [6.45, 7) is 2.40. The molecule has 1 aliphatic carbocycles. The summed E-state index contributed by atoms with van der Waals surface area (Å²) in [6, 6.07) is 11.6. The molecular formula is C25H27FN4O3S. The summed E-state index contributed by atoms with van der Waals surface area (Å²) >= 11 is 0.918. The zero-order valence-electron chi connectivity index (χ0n) is 18.9. The third-order valence-electron chi connectivity index (χ3n) is 5.87. The number of carbonyl (C=O) groups excluding carboxylic acids is 2. The van der Waals surface area contributed by atoms with Crippen molar-refractivity contribution in [1.29, 1.82) is 0 Å². The minimum absolute atomic E-state index is 0.0439. The van der Waals surface area contributed by atoms with E-state index >= 15 is 0 Å². The zero-order chi connectivity index (χ0) is 23.9. The van der Waals surface area contributed by atoms with Crippen molar-refractivity contribution >= 4 is 29.2 Å². The van der Waals surface area contributed by atoms with Crippen LogP contribution in [0.3, 0.4) is 0 Å². The third kappa shape index (κ3) is 5.59. The number of nitrogens with one attached hydrogen (secondary N) is 1. The van der Waals surface area contributed by atoms with E-state index in [-0.39, 0.29) is 17.6 Å². The van der Waals surface area contributed by atoms with Gasteiger partial charge in [-0.2, -0.15) is 8.75 Å². The van der Waals surface area contributed by atoms with Gasteiger partial charge in [0.05, 0.1) is 24.5 Å². The summed E-state index contributed by atoms with van der Waals surface area (Å²) in [4.78, 5) is 28.7. The average molecular weight is 483 g/mol. The van der Waals surface area contributed by atoms with Crippen LogP contribution in [0.2, 0.25) is 0 Å². The fourth-order valence-corrected chi connectivity index (χ4v) is 4.63. The van der Waals surface area contributed by atoms with Crippen LogP contribution in [0.1, 0.15) is 61.1 Å². The fourth-order valence-electron chi connectivity index (χ4n) is 4.23. The molecule has 2 amide bonds. The highest BCUT2D eigenvalue weighted by atomic mass is 32.1. The van der Waals surface area contributed by atoms with E-state index in [0.29, 0.717) is 23.6 Å². The topological polar surface area (TPSA) is 84.4 Å². The summed E-state index contributed by atoms with van der Waals surface area (Å²) in [7, 11) is 0. The van der Waals surface area contributed by atoms with Crippen molar-refractivity contribution in [1.82, 2.24) is 14.1 Å². The van der Waals surface area contributed by atoms with Crippen LogP contribution in [-0.4, -0.2) is 33.2 Å². The second-order valence-electron chi connectivity index (χ2n) is 8.19. The van der Waals surface area contributed by atoms with E-state index in [1.807, 2.05) is 6.92 Å². The lowest BCUT2D eigenvalue weighted by Crippen LogP contribution is -2.47. The van der Waals surface area contributed by atoms with Crippen molar-refractivity contribution in [2.75, 3.05) is 11.5 Å². The molecule has 1 fully saturated rings. The van der Waals surface area contributed by atoms with E-state index < -0.39 is 17.8 Å². The molecule has 0 radical (unpaired) electrons. The Bertz CT molecular complexity index is 1080. The number of benzene rings is 2. The van der Waals surface area contributed by atoms with Crippen molar-refractivity contribution in [2.45, 2.75) is 51.1 Å². The van der Waals surface area contributed by atoms with Gasteiger partial charge >= 0.3 is 0 Å². The highest BCUT2D eigenvalue weighted by Crippen LogP contribution is 2.32. The predicted octanol–water partition coefficient (Wildman–Crippen LogP) is 4.91. The summed E-state index contributed by atoms with van der Waals surface area (Å²) in [5.41, 5.74) is 1.13. The molecule has 0 spiro atoms. The SMILES string of the molecule is CCOc1ccc(N(C(=O)c2cnsn2)[C@@H](C(=O)NC2CCCCC2)c2ccc(F)cc2)cc1. The number of amides is 2. The van der Waals surface area contributed by atoms with Gasteiger partial charge in [0.15, 0.2) is 5.69 Å². The lowest BCUT2D eigenvalue weighted by atomic mass is 9.94. The van der Waals surface area contributed by atoms with Crippen LogP contribution in [0.15, 0.2) is 54.7 Å². The molecule has 1 aliphatic rings. The molecule has 34 heavy (non-hydrogen) atoms. The van der Waals surface area contributed by atoms with Crippen molar-refractivity contribution in [3.05, 3.63) is 71.8 Å². The maximum Gasteiger partial charge on any atom is 0.280 e. The highest BCUT2D eigenvalue weighted by molar-refractivity contribution is 6.99. The standard InChI is InChI=1S/C25H27FN4O3S/c1-2-33-21-14-12-20(13-15-21)30(25(32)22-16-27-34-29-22)23(17-8-10-18(26)11-9-17)24(31)28-19-6-4-3-5-7-19/h8-16,19,23H,2-7H2,1H3,(H,28,31)/t23-/m1/s1. The molecule has 1 N–H and O–H groups in total. The molecule has 0 saturated heterocycles. The normalized spacial score (nSPS) is 14.9. The Morgan fingerprint density at radius 1 is 1.12 bits per heavy atom. The van der Waals surface area contributed by atoms with E-state index in [0.717, 1.165) is 43.8 Å². The molecule has 0 unspecified atom stereocenters. The average Bonchev–Trinajstić information content (AvgIpc) is 3.40. The van der Waals surface area contributed by atoms with Crippen LogP contribution in [0, 0.1) is 5.82 Å². The number of hydrogen-bond donors (Lipinski definition) is 1. The summed E-state index contributed by atoms with van der Waals surface area (Å²) in [5, 5.41) is 3.13. The second kappa shape index (κ2) is 11.2. The maximum atomic E-state index is 13.7. The Labute approximate surface area is 202 Å². The van der Waals surface area contributed by atoms with E-state index in [1.165, 1.54) is 35.4 Å². The first-order valence-corrected chi connectivity index (χ1v) is 12.2. The smallest absolute Gasteiger partial charge is 0.280 e. The zero-order valence-corrected chi connectivity index (χ0v) is 19.8. The number of hydrogen-bond acceptors (Lipinski definition) is 6. The number of nitrogens with zero attached hydrogens (tertiary/aromatic N) is 3. The van der Waals surface area contributed by atoms with Gasteiger partial charge in [-0.25, -0.2) is 4.39 Å². The highest BCUT2D eigenvalue weighted by Gasteiger charge is 2.35. The van der Waals surface area contributed by atoms with Crippen LogP contribution in [0.5, 0.6) is 5.75 Å². The van der Waals surface area contributed by atoms with Crippen LogP contribution >= 0.6 is 11.7 Å². The van der Waals surface area contributed by atoms with Gasteiger partial charge in [-0.3, -0.25) is 14.5 Å². The first-order chi connectivity index (χ1) is 16.6. The number of anilines is 1.